The number of aliphatic imine (C=N–C) groups is 1. The van der Waals surface area contributed by atoms with Crippen LogP contribution in [0.3, 0.4) is 0 Å². The Kier molecular flexibility index (Phi) is 6.68. The summed E-state index contributed by atoms with van der Waals surface area (Å²) in [6.45, 7) is 0. The third kappa shape index (κ3) is 4.97. The van der Waals surface area contributed by atoms with E-state index in [4.69, 9.17) is 4.99 Å². The lowest BCUT2D eigenvalue weighted by Gasteiger charge is -2.27. The van der Waals surface area contributed by atoms with Crippen molar-refractivity contribution in [2.24, 2.45) is 4.99 Å². The summed E-state index contributed by atoms with van der Waals surface area (Å²) in [6, 6.07) is 52.3. The third-order valence-corrected chi connectivity index (χ3v) is 9.42. The largest absolute Gasteiger partial charge is 0.370 e. The first-order chi connectivity index (χ1) is 23.3. The van der Waals surface area contributed by atoms with Crippen molar-refractivity contribution >= 4 is 34.2 Å². The number of hydrogen-bond donors (Lipinski definition) is 1. The summed E-state index contributed by atoms with van der Waals surface area (Å²) in [7, 11) is 0. The molecule has 6 aromatic rings. The van der Waals surface area contributed by atoms with Gasteiger partial charge in [0.1, 0.15) is 11.9 Å². The molecule has 2 heterocycles. The van der Waals surface area contributed by atoms with Crippen molar-refractivity contribution in [3.63, 3.8) is 0 Å². The molecule has 3 aliphatic rings. The van der Waals surface area contributed by atoms with E-state index in [2.05, 4.69) is 174 Å². The van der Waals surface area contributed by atoms with Crippen molar-refractivity contribution in [1.29, 1.82) is 0 Å². The lowest BCUT2D eigenvalue weighted by atomic mass is 9.91. The normalized spacial score (nSPS) is 16.0. The average Bonchev–Trinajstić information content (AvgIpc) is 3.47. The first kappa shape index (κ1) is 27.4. The van der Waals surface area contributed by atoms with Crippen LogP contribution in [0.1, 0.15) is 30.0 Å². The minimum atomic E-state index is -0.0434. The Morgan fingerprint density at radius 3 is 2.02 bits per heavy atom. The van der Waals surface area contributed by atoms with Crippen LogP contribution in [0.5, 0.6) is 0 Å². The molecule has 0 bridgehead atoms. The topological polar surface area (TPSA) is 27.6 Å². The summed E-state index contributed by atoms with van der Waals surface area (Å²) < 4.78 is 0. The molecule has 0 amide bonds. The molecule has 0 saturated heterocycles. The van der Waals surface area contributed by atoms with Crippen molar-refractivity contribution in [3.8, 4) is 33.4 Å². The Labute approximate surface area is 275 Å². The molecule has 6 aromatic carbocycles. The Hall–Kier alpha value is -5.93. The minimum Gasteiger partial charge on any atom is -0.370 e. The van der Waals surface area contributed by atoms with E-state index in [9.17, 15) is 0 Å². The first-order valence-electron chi connectivity index (χ1n) is 16.4. The predicted molar refractivity (Wildman–Crippen MR) is 198 cm³/mol. The highest BCUT2D eigenvalue weighted by atomic mass is 15.3. The number of hydrogen-bond acceptors (Lipinski definition) is 3. The van der Waals surface area contributed by atoms with Crippen LogP contribution in [0.4, 0.5) is 22.7 Å². The van der Waals surface area contributed by atoms with Crippen LogP contribution in [-0.4, -0.2) is 5.84 Å². The zero-order chi connectivity index (χ0) is 31.2. The maximum atomic E-state index is 5.34. The van der Waals surface area contributed by atoms with Crippen LogP contribution in [0.15, 0.2) is 169 Å². The van der Waals surface area contributed by atoms with Gasteiger partial charge in [-0.2, -0.15) is 0 Å². The second-order valence-corrected chi connectivity index (χ2v) is 12.4. The third-order valence-electron chi connectivity index (χ3n) is 9.42. The fraction of sp³-hybridized carbons (Fsp3) is 0.0682. The maximum Gasteiger partial charge on any atom is 0.141 e. The summed E-state index contributed by atoms with van der Waals surface area (Å²) in [5, 5.41) is 3.90. The number of para-hydroxylation sites is 1. The number of rotatable bonds is 5. The molecule has 1 N–H and O–H groups in total. The lowest BCUT2D eigenvalue weighted by molar-refractivity contribution is 1.04. The molecule has 1 aliphatic carbocycles. The van der Waals surface area contributed by atoms with Gasteiger partial charge in [-0.25, -0.2) is 4.99 Å². The number of amidine groups is 1. The van der Waals surface area contributed by atoms with E-state index in [1.165, 1.54) is 50.1 Å². The van der Waals surface area contributed by atoms with Gasteiger partial charge in [0.15, 0.2) is 0 Å². The standard InChI is InChI=1S/C44H33N3/c1-4-13-30(14-5-1)33-19-12-20-38(28-33)47-42-22-11-10-21-39(42)43-44(47)46-40-24-23-34(29-41(40)45-43)37-26-35(31-15-6-2-7-16-31)25-36(27-37)32-17-8-3-9-18-32/h1-2,4-8,10-29,43,45H,3,9H2. The van der Waals surface area contributed by atoms with Gasteiger partial charge in [-0.1, -0.05) is 115 Å². The van der Waals surface area contributed by atoms with Gasteiger partial charge in [-0.15, -0.1) is 0 Å². The molecule has 3 nitrogen and oxygen atoms in total. The number of nitrogens with one attached hydrogen (secondary N) is 1. The van der Waals surface area contributed by atoms with Gasteiger partial charge in [0.25, 0.3) is 0 Å². The smallest absolute Gasteiger partial charge is 0.141 e. The van der Waals surface area contributed by atoms with Crippen LogP contribution >= 0.6 is 0 Å². The van der Waals surface area contributed by atoms with Gasteiger partial charge in [0.2, 0.25) is 0 Å². The zero-order valence-electron chi connectivity index (χ0n) is 26.0. The number of fused-ring (bicyclic) bond motifs is 4. The molecule has 0 fully saturated rings. The van der Waals surface area contributed by atoms with Crippen molar-refractivity contribution in [2.45, 2.75) is 18.9 Å². The molecular weight excluding hydrogens is 571 g/mol. The molecule has 3 heteroatoms. The summed E-state index contributed by atoms with van der Waals surface area (Å²) in [6.07, 6.45) is 9.09. The quantitative estimate of drug-likeness (QED) is 0.212. The lowest BCUT2D eigenvalue weighted by Crippen LogP contribution is -2.29. The summed E-state index contributed by atoms with van der Waals surface area (Å²) in [5.74, 6) is 1.00. The van der Waals surface area contributed by atoms with Gasteiger partial charge in [0, 0.05) is 11.3 Å². The molecular formula is C44H33N3. The van der Waals surface area contributed by atoms with Crippen molar-refractivity contribution < 1.29 is 0 Å². The van der Waals surface area contributed by atoms with E-state index in [-0.39, 0.29) is 6.04 Å². The minimum absolute atomic E-state index is 0.0434. The molecule has 1 atom stereocenters. The average molecular weight is 604 g/mol. The van der Waals surface area contributed by atoms with Gasteiger partial charge >= 0.3 is 0 Å². The van der Waals surface area contributed by atoms with Gasteiger partial charge in [0.05, 0.1) is 17.1 Å². The Morgan fingerprint density at radius 2 is 1.23 bits per heavy atom. The fourth-order valence-electron chi connectivity index (χ4n) is 7.10. The van der Waals surface area contributed by atoms with E-state index >= 15 is 0 Å². The van der Waals surface area contributed by atoms with Crippen LogP contribution in [0, 0.1) is 0 Å². The van der Waals surface area contributed by atoms with E-state index in [1.54, 1.807) is 0 Å². The number of nitrogens with zero attached hydrogens (tertiary/aromatic N) is 2. The SMILES string of the molecule is C1=CC(c2cc(-c3ccccc3)cc(-c3ccc4c(c3)NC3C(=N4)N(c4cccc(-c5ccccc5)c4)c4ccccc43)c2)=CCC1. The van der Waals surface area contributed by atoms with Gasteiger partial charge in [-0.3, -0.25) is 4.90 Å². The maximum absolute atomic E-state index is 5.34. The highest BCUT2D eigenvalue weighted by Gasteiger charge is 2.38. The predicted octanol–water partition coefficient (Wildman–Crippen LogP) is 11.8. The first-order valence-corrected chi connectivity index (χ1v) is 16.4. The van der Waals surface area contributed by atoms with Gasteiger partial charge in [-0.05, 0) is 106 Å². The molecule has 224 valence electrons. The van der Waals surface area contributed by atoms with E-state index < -0.39 is 0 Å². The van der Waals surface area contributed by atoms with Crippen LogP contribution in [0.25, 0.3) is 39.0 Å². The number of allylic oxidation sites excluding steroid dienone is 4. The Bertz CT molecular complexity index is 2230. The molecule has 0 spiro atoms. The molecule has 9 rings (SSSR count). The van der Waals surface area contributed by atoms with E-state index in [0.29, 0.717) is 0 Å². The second-order valence-electron chi connectivity index (χ2n) is 12.4. The van der Waals surface area contributed by atoms with E-state index in [0.717, 1.165) is 41.4 Å². The van der Waals surface area contributed by atoms with Crippen LogP contribution in [0.2, 0.25) is 0 Å². The Balaban J connectivity index is 1.13. The second kappa shape index (κ2) is 11.5. The number of anilines is 3. The fourth-order valence-corrected chi connectivity index (χ4v) is 7.10. The molecule has 2 aliphatic heterocycles. The summed E-state index contributed by atoms with van der Waals surface area (Å²) >= 11 is 0. The summed E-state index contributed by atoms with van der Waals surface area (Å²) in [5.41, 5.74) is 15.3. The highest BCUT2D eigenvalue weighted by Crippen LogP contribution is 2.48. The van der Waals surface area contributed by atoms with Gasteiger partial charge < -0.3 is 5.32 Å². The summed E-state index contributed by atoms with van der Waals surface area (Å²) in [4.78, 5) is 7.65. The molecule has 1 unspecified atom stereocenters. The molecule has 0 aromatic heterocycles. The molecule has 0 saturated carbocycles. The van der Waals surface area contributed by atoms with E-state index in [1.807, 2.05) is 0 Å². The molecule has 47 heavy (non-hydrogen) atoms. The zero-order valence-corrected chi connectivity index (χ0v) is 26.0. The monoisotopic (exact) mass is 603 g/mol. The van der Waals surface area contributed by atoms with Crippen molar-refractivity contribution in [1.82, 2.24) is 0 Å². The Morgan fingerprint density at radius 1 is 0.553 bits per heavy atom. The van der Waals surface area contributed by atoms with Crippen molar-refractivity contribution in [3.05, 3.63) is 175 Å². The van der Waals surface area contributed by atoms with Crippen LogP contribution in [-0.2, 0) is 0 Å². The van der Waals surface area contributed by atoms with Crippen LogP contribution < -0.4 is 10.2 Å². The molecule has 0 radical (unpaired) electrons. The number of benzene rings is 6. The highest BCUT2D eigenvalue weighted by molar-refractivity contribution is 6.17. The van der Waals surface area contributed by atoms with Crippen molar-refractivity contribution in [2.75, 3.05) is 10.2 Å².